The van der Waals surface area contributed by atoms with Crippen molar-refractivity contribution >= 4 is 15.9 Å². The van der Waals surface area contributed by atoms with E-state index in [1.165, 1.54) is 50.2 Å². The van der Waals surface area contributed by atoms with Crippen LogP contribution >= 0.6 is 15.9 Å². The zero-order valence-electron chi connectivity index (χ0n) is 19.7. The second-order valence-corrected chi connectivity index (χ2v) is 11.5. The normalized spacial score (nSPS) is 28.7. The average Bonchev–Trinajstić information content (AvgIpc) is 2.77. The van der Waals surface area contributed by atoms with Gasteiger partial charge >= 0.3 is 0 Å². The van der Waals surface area contributed by atoms with E-state index < -0.39 is 0 Å². The molecular weight excluding hydrogens is 481 g/mol. The molecule has 0 saturated heterocycles. The third kappa shape index (κ3) is 4.81. The number of rotatable bonds is 9. The second kappa shape index (κ2) is 9.58. The van der Waals surface area contributed by atoms with Gasteiger partial charge in [0.05, 0.1) is 11.1 Å². The third-order valence-electron chi connectivity index (χ3n) is 8.32. The van der Waals surface area contributed by atoms with Crippen molar-refractivity contribution < 1.29 is 13.9 Å². The van der Waals surface area contributed by atoms with Crippen molar-refractivity contribution in [2.75, 3.05) is 6.61 Å². The Morgan fingerprint density at radius 2 is 1.73 bits per heavy atom. The first-order valence-corrected chi connectivity index (χ1v) is 13.3. The van der Waals surface area contributed by atoms with Gasteiger partial charge in [0.15, 0.2) is 11.5 Å². The fourth-order valence-electron chi connectivity index (χ4n) is 7.09. The Labute approximate surface area is 205 Å². The Balaban J connectivity index is 1.27. The van der Waals surface area contributed by atoms with Gasteiger partial charge in [0.25, 0.3) is 0 Å². The Kier molecular flexibility index (Phi) is 6.72. The highest BCUT2D eigenvalue weighted by molar-refractivity contribution is 9.10. The van der Waals surface area contributed by atoms with Crippen LogP contribution in [0.3, 0.4) is 0 Å². The van der Waals surface area contributed by atoms with Crippen LogP contribution in [0.2, 0.25) is 0 Å². The molecule has 6 rings (SSSR count). The molecule has 2 aromatic carbocycles. The maximum Gasteiger partial charge on any atom is 0.175 e. The van der Waals surface area contributed by atoms with Gasteiger partial charge in [0, 0.05) is 18.2 Å². The summed E-state index contributed by atoms with van der Waals surface area (Å²) in [5, 5.41) is 3.87. The van der Waals surface area contributed by atoms with Gasteiger partial charge in [-0.3, -0.25) is 0 Å². The van der Waals surface area contributed by atoms with Crippen LogP contribution in [0.15, 0.2) is 40.9 Å². The molecule has 3 nitrogen and oxygen atoms in total. The van der Waals surface area contributed by atoms with Crippen LogP contribution < -0.4 is 14.8 Å². The van der Waals surface area contributed by atoms with Gasteiger partial charge in [0.2, 0.25) is 0 Å². The summed E-state index contributed by atoms with van der Waals surface area (Å²) in [5.41, 5.74) is 2.18. The maximum atomic E-state index is 14.0. The minimum absolute atomic E-state index is 0.159. The lowest BCUT2D eigenvalue weighted by Crippen LogP contribution is -2.54. The van der Waals surface area contributed by atoms with Crippen molar-refractivity contribution in [1.29, 1.82) is 0 Å². The molecule has 0 spiro atoms. The van der Waals surface area contributed by atoms with Crippen LogP contribution in [0.1, 0.15) is 63.5 Å². The van der Waals surface area contributed by atoms with E-state index in [1.54, 1.807) is 12.1 Å². The summed E-state index contributed by atoms with van der Waals surface area (Å²) in [6, 6.07) is 11.4. The van der Waals surface area contributed by atoms with Gasteiger partial charge in [-0.15, -0.1) is 0 Å². The maximum absolute atomic E-state index is 14.0. The Hall–Kier alpha value is -1.59. The number of nitrogens with one attached hydrogen (secondary N) is 1. The Bertz CT molecular complexity index is 959. The molecular formula is C28H35BrFNO2. The van der Waals surface area contributed by atoms with Crippen molar-refractivity contribution in [2.45, 2.75) is 71.6 Å². The van der Waals surface area contributed by atoms with Gasteiger partial charge in [-0.05, 0) is 115 Å². The molecule has 0 heterocycles. The van der Waals surface area contributed by atoms with Crippen molar-refractivity contribution in [3.63, 3.8) is 0 Å². The molecule has 4 aliphatic rings. The van der Waals surface area contributed by atoms with Gasteiger partial charge in [-0.2, -0.15) is 0 Å². The van der Waals surface area contributed by atoms with Gasteiger partial charge in [-0.25, -0.2) is 4.39 Å². The quantitative estimate of drug-likeness (QED) is 0.381. The highest BCUT2D eigenvalue weighted by Gasteiger charge is 2.52. The smallest absolute Gasteiger partial charge is 0.175 e. The summed E-state index contributed by atoms with van der Waals surface area (Å²) >= 11 is 3.67. The monoisotopic (exact) mass is 515 g/mol. The molecule has 0 aliphatic heterocycles. The van der Waals surface area contributed by atoms with Crippen LogP contribution in [0.25, 0.3) is 0 Å². The summed E-state index contributed by atoms with van der Waals surface area (Å²) < 4.78 is 26.8. The summed E-state index contributed by atoms with van der Waals surface area (Å²) in [6.45, 7) is 5.87. The summed E-state index contributed by atoms with van der Waals surface area (Å²) in [7, 11) is 0. The molecule has 4 bridgehead atoms. The number of halogens is 2. The van der Waals surface area contributed by atoms with E-state index in [1.807, 2.05) is 13.0 Å². The number of hydrogen-bond acceptors (Lipinski definition) is 3. The summed E-state index contributed by atoms with van der Waals surface area (Å²) in [6.07, 6.45) is 8.65. The van der Waals surface area contributed by atoms with E-state index in [0.29, 0.717) is 35.1 Å². The molecule has 2 aromatic rings. The molecule has 178 valence electrons. The molecule has 5 heteroatoms. The van der Waals surface area contributed by atoms with Crippen LogP contribution in [0.5, 0.6) is 11.5 Å². The molecule has 33 heavy (non-hydrogen) atoms. The zero-order chi connectivity index (χ0) is 23.0. The number of ether oxygens (including phenoxy) is 2. The predicted molar refractivity (Wildman–Crippen MR) is 133 cm³/mol. The second-order valence-electron chi connectivity index (χ2n) is 10.6. The highest BCUT2D eigenvalue weighted by atomic mass is 79.9. The molecule has 0 radical (unpaired) electrons. The van der Waals surface area contributed by atoms with Crippen molar-refractivity contribution in [1.82, 2.24) is 5.32 Å². The van der Waals surface area contributed by atoms with Crippen molar-refractivity contribution in [3.8, 4) is 11.5 Å². The summed E-state index contributed by atoms with van der Waals surface area (Å²) in [5.74, 6) is 3.95. The first kappa shape index (κ1) is 23.2. The molecule has 4 aliphatic carbocycles. The topological polar surface area (TPSA) is 30.5 Å². The Morgan fingerprint density at radius 1 is 1.06 bits per heavy atom. The first-order chi connectivity index (χ1) is 16.0. The minimum atomic E-state index is -0.258. The van der Waals surface area contributed by atoms with Crippen molar-refractivity contribution in [2.24, 2.45) is 23.2 Å². The molecule has 0 aromatic heterocycles. The standard InChI is InChI=1S/C28H35BrFNO2/c1-3-32-26-12-22(11-24(29)27(26)33-17-23-6-4-5-7-25(23)30)16-31-18(2)28-13-19-8-20(14-28)10-21(9-19)15-28/h4-7,11-12,18-21,31H,3,8-10,13-17H2,1-2H3/t18-,19?,20?,21?,28?/m0/s1. The summed E-state index contributed by atoms with van der Waals surface area (Å²) in [4.78, 5) is 0. The van der Waals surface area contributed by atoms with E-state index in [4.69, 9.17) is 9.47 Å². The first-order valence-electron chi connectivity index (χ1n) is 12.5. The molecule has 0 amide bonds. The third-order valence-corrected chi connectivity index (χ3v) is 8.90. The van der Waals surface area contributed by atoms with Crippen LogP contribution in [0, 0.1) is 29.0 Å². The largest absolute Gasteiger partial charge is 0.490 e. The lowest BCUT2D eigenvalue weighted by atomic mass is 9.48. The minimum Gasteiger partial charge on any atom is -0.490 e. The predicted octanol–water partition coefficient (Wildman–Crippen LogP) is 7.26. The van der Waals surface area contributed by atoms with Gasteiger partial charge < -0.3 is 14.8 Å². The SMILES string of the molecule is CCOc1cc(CN[C@@H](C)C23CC4CC(CC(C4)C2)C3)cc(Br)c1OCc1ccccc1F. The lowest BCUT2D eigenvalue weighted by Gasteiger charge is -2.59. The fourth-order valence-corrected chi connectivity index (χ4v) is 7.69. The zero-order valence-corrected chi connectivity index (χ0v) is 21.3. The van der Waals surface area contributed by atoms with E-state index in [0.717, 1.165) is 28.8 Å². The van der Waals surface area contributed by atoms with Gasteiger partial charge in [0.1, 0.15) is 12.4 Å². The number of benzene rings is 2. The fraction of sp³-hybridized carbons (Fsp3) is 0.571. The van der Waals surface area contributed by atoms with E-state index in [-0.39, 0.29) is 12.4 Å². The molecule has 1 N–H and O–H groups in total. The molecule has 4 fully saturated rings. The average molecular weight is 516 g/mol. The van der Waals surface area contributed by atoms with Crippen molar-refractivity contribution in [3.05, 3.63) is 57.8 Å². The highest BCUT2D eigenvalue weighted by Crippen LogP contribution is 2.61. The van der Waals surface area contributed by atoms with E-state index in [2.05, 4.69) is 40.3 Å². The molecule has 0 unspecified atom stereocenters. The molecule has 4 saturated carbocycles. The van der Waals surface area contributed by atoms with Gasteiger partial charge in [-0.1, -0.05) is 18.2 Å². The Morgan fingerprint density at radius 3 is 2.36 bits per heavy atom. The van der Waals surface area contributed by atoms with Crippen LogP contribution in [0.4, 0.5) is 4.39 Å². The molecule has 1 atom stereocenters. The van der Waals surface area contributed by atoms with E-state index in [9.17, 15) is 4.39 Å². The van der Waals surface area contributed by atoms with E-state index >= 15 is 0 Å². The van der Waals surface area contributed by atoms with Crippen LogP contribution in [-0.2, 0) is 13.2 Å². The number of hydrogen-bond donors (Lipinski definition) is 1. The van der Waals surface area contributed by atoms with Crippen LogP contribution in [-0.4, -0.2) is 12.6 Å². The lowest BCUT2D eigenvalue weighted by molar-refractivity contribution is -0.0706.